The first kappa shape index (κ1) is 24.0. The number of unbranched alkanes of at least 4 members (excludes halogenated alkanes) is 1. The number of carbonyl (C=O) groups is 1. The Kier molecular flexibility index (Phi) is 13.2. The largest absolute Gasteiger partial charge is 0.353 e. The van der Waals surface area contributed by atoms with Gasteiger partial charge in [0, 0.05) is 25.6 Å². The molecule has 1 unspecified atom stereocenters. The molecular formula is C18H37Cl2N3O. The van der Waals surface area contributed by atoms with Crippen LogP contribution in [0, 0.1) is 11.8 Å². The molecule has 0 saturated carbocycles. The molecule has 144 valence electrons. The molecule has 1 atom stereocenters. The molecule has 1 amide bonds. The predicted molar refractivity (Wildman–Crippen MR) is 106 cm³/mol. The Bertz CT molecular complexity index is 330. The molecule has 0 spiro atoms. The van der Waals surface area contributed by atoms with Crippen LogP contribution >= 0.6 is 24.8 Å². The van der Waals surface area contributed by atoms with E-state index in [1.165, 1.54) is 32.2 Å². The fourth-order valence-electron chi connectivity index (χ4n) is 3.84. The number of likely N-dealkylation sites (tertiary alicyclic amines) is 1. The maximum Gasteiger partial charge on any atom is 0.220 e. The summed E-state index contributed by atoms with van der Waals surface area (Å²) in [6.07, 6.45) is 7.97. The molecule has 2 heterocycles. The lowest BCUT2D eigenvalue weighted by atomic mass is 9.84. The highest BCUT2D eigenvalue weighted by Crippen LogP contribution is 2.24. The van der Waals surface area contributed by atoms with E-state index in [0.717, 1.165) is 44.9 Å². The van der Waals surface area contributed by atoms with Gasteiger partial charge in [-0.15, -0.1) is 24.8 Å². The van der Waals surface area contributed by atoms with Gasteiger partial charge in [0.05, 0.1) is 0 Å². The highest BCUT2D eigenvalue weighted by atomic mass is 35.5. The van der Waals surface area contributed by atoms with Crippen molar-refractivity contribution in [3.63, 3.8) is 0 Å². The number of hydrogen-bond donors (Lipinski definition) is 2. The molecule has 0 aliphatic carbocycles. The second kappa shape index (κ2) is 13.2. The van der Waals surface area contributed by atoms with Gasteiger partial charge in [0.2, 0.25) is 5.91 Å². The van der Waals surface area contributed by atoms with Crippen LogP contribution in [0.1, 0.15) is 58.8 Å². The average molecular weight is 382 g/mol. The van der Waals surface area contributed by atoms with E-state index in [2.05, 4.69) is 29.4 Å². The van der Waals surface area contributed by atoms with Crippen LogP contribution in [0.5, 0.6) is 0 Å². The van der Waals surface area contributed by atoms with Crippen molar-refractivity contribution in [2.75, 3.05) is 32.7 Å². The minimum Gasteiger partial charge on any atom is -0.353 e. The summed E-state index contributed by atoms with van der Waals surface area (Å²) in [6, 6.07) is 0.408. The van der Waals surface area contributed by atoms with E-state index in [-0.39, 0.29) is 30.7 Å². The lowest BCUT2D eigenvalue weighted by Gasteiger charge is -2.33. The normalized spacial score (nSPS) is 21.4. The lowest BCUT2D eigenvalue weighted by Crippen LogP contribution is -2.45. The zero-order chi connectivity index (χ0) is 15.8. The summed E-state index contributed by atoms with van der Waals surface area (Å²) < 4.78 is 0. The minimum atomic E-state index is 0. The molecule has 0 aromatic rings. The zero-order valence-electron chi connectivity index (χ0n) is 15.4. The van der Waals surface area contributed by atoms with E-state index in [1.807, 2.05) is 0 Å². The summed E-state index contributed by atoms with van der Waals surface area (Å²) in [5.41, 5.74) is 0. The van der Waals surface area contributed by atoms with Crippen LogP contribution < -0.4 is 10.6 Å². The summed E-state index contributed by atoms with van der Waals surface area (Å²) in [7, 11) is 0. The number of nitrogens with one attached hydrogen (secondary N) is 2. The molecule has 2 fully saturated rings. The maximum atomic E-state index is 12.3. The van der Waals surface area contributed by atoms with E-state index in [9.17, 15) is 4.79 Å². The first-order chi connectivity index (χ1) is 10.7. The highest BCUT2D eigenvalue weighted by Gasteiger charge is 2.24. The van der Waals surface area contributed by atoms with Gasteiger partial charge in [-0.3, -0.25) is 4.79 Å². The fourth-order valence-corrected chi connectivity index (χ4v) is 3.84. The number of nitrogens with zero attached hydrogens (tertiary/aromatic N) is 1. The van der Waals surface area contributed by atoms with Crippen LogP contribution in [0.3, 0.4) is 0 Å². The summed E-state index contributed by atoms with van der Waals surface area (Å²) >= 11 is 0. The van der Waals surface area contributed by atoms with Crippen molar-refractivity contribution in [3.05, 3.63) is 0 Å². The van der Waals surface area contributed by atoms with Crippen molar-refractivity contribution in [1.29, 1.82) is 0 Å². The molecular weight excluding hydrogens is 345 g/mol. The van der Waals surface area contributed by atoms with Crippen LogP contribution in [0.2, 0.25) is 0 Å². The minimum absolute atomic E-state index is 0. The predicted octanol–water partition coefficient (Wildman–Crippen LogP) is 3.24. The van der Waals surface area contributed by atoms with Crippen molar-refractivity contribution >= 4 is 30.7 Å². The smallest absolute Gasteiger partial charge is 0.220 e. The summed E-state index contributed by atoms with van der Waals surface area (Å²) in [5.74, 6) is 1.52. The first-order valence-corrected chi connectivity index (χ1v) is 9.41. The van der Waals surface area contributed by atoms with Gasteiger partial charge in [-0.05, 0) is 63.6 Å². The number of piperidine rings is 2. The van der Waals surface area contributed by atoms with E-state index in [4.69, 9.17) is 0 Å². The topological polar surface area (TPSA) is 44.4 Å². The molecule has 2 aliphatic rings. The third kappa shape index (κ3) is 8.37. The van der Waals surface area contributed by atoms with Gasteiger partial charge in [-0.1, -0.05) is 20.3 Å². The fraction of sp³-hybridized carbons (Fsp3) is 0.944. The summed E-state index contributed by atoms with van der Waals surface area (Å²) in [6.45, 7) is 10.3. The molecule has 2 N–H and O–H groups in total. The molecule has 24 heavy (non-hydrogen) atoms. The van der Waals surface area contributed by atoms with Crippen LogP contribution in [0.25, 0.3) is 0 Å². The molecule has 0 aromatic carbocycles. The van der Waals surface area contributed by atoms with Gasteiger partial charge < -0.3 is 15.5 Å². The average Bonchev–Trinajstić information content (AvgIpc) is 2.55. The number of rotatable bonds is 7. The number of halogens is 2. The Hall–Kier alpha value is -0.0300. The highest BCUT2D eigenvalue weighted by molar-refractivity contribution is 5.85. The van der Waals surface area contributed by atoms with Gasteiger partial charge in [-0.25, -0.2) is 0 Å². The second-order valence-corrected chi connectivity index (χ2v) is 7.31. The third-order valence-corrected chi connectivity index (χ3v) is 5.48. The van der Waals surface area contributed by atoms with Gasteiger partial charge in [0.1, 0.15) is 0 Å². The number of carbonyl (C=O) groups excluding carboxylic acids is 1. The number of hydrogen-bond acceptors (Lipinski definition) is 3. The standard InChI is InChI=1S/C18H35N3O.2ClH/c1-3-4-11-21-12-7-17(8-13-21)20-18(22)14-15(2)16-5-9-19-10-6-16;;/h15-17,19H,3-14H2,1-2H3,(H,20,22);2*1H. The van der Waals surface area contributed by atoms with Crippen molar-refractivity contribution < 1.29 is 4.79 Å². The quantitative estimate of drug-likeness (QED) is 0.711. The van der Waals surface area contributed by atoms with Gasteiger partial charge in [0.15, 0.2) is 0 Å². The molecule has 0 aromatic heterocycles. The Morgan fingerprint density at radius 2 is 1.79 bits per heavy atom. The van der Waals surface area contributed by atoms with E-state index in [1.54, 1.807) is 0 Å². The SMILES string of the molecule is CCCCN1CCC(NC(=O)CC(C)C2CCNCC2)CC1.Cl.Cl. The summed E-state index contributed by atoms with van der Waals surface area (Å²) in [5, 5.41) is 6.69. The van der Waals surface area contributed by atoms with Gasteiger partial charge in [-0.2, -0.15) is 0 Å². The molecule has 2 aliphatic heterocycles. The van der Waals surface area contributed by atoms with Crippen molar-refractivity contribution in [1.82, 2.24) is 15.5 Å². The molecule has 4 nitrogen and oxygen atoms in total. The zero-order valence-corrected chi connectivity index (χ0v) is 17.0. The van der Waals surface area contributed by atoms with Crippen LogP contribution in [-0.2, 0) is 4.79 Å². The molecule has 6 heteroatoms. The molecule has 2 saturated heterocycles. The van der Waals surface area contributed by atoms with Crippen LogP contribution in [-0.4, -0.2) is 49.6 Å². The molecule has 2 rings (SSSR count). The lowest BCUT2D eigenvalue weighted by molar-refractivity contribution is -0.123. The third-order valence-electron chi connectivity index (χ3n) is 5.48. The van der Waals surface area contributed by atoms with Crippen molar-refractivity contribution in [3.8, 4) is 0 Å². The Morgan fingerprint density at radius 3 is 2.38 bits per heavy atom. The van der Waals surface area contributed by atoms with Gasteiger partial charge >= 0.3 is 0 Å². The maximum absolute atomic E-state index is 12.3. The molecule has 0 bridgehead atoms. The number of amides is 1. The monoisotopic (exact) mass is 381 g/mol. The Balaban J connectivity index is 0.00000264. The van der Waals surface area contributed by atoms with Gasteiger partial charge in [0.25, 0.3) is 0 Å². The van der Waals surface area contributed by atoms with Crippen LogP contribution in [0.4, 0.5) is 0 Å². The van der Waals surface area contributed by atoms with E-state index < -0.39 is 0 Å². The van der Waals surface area contributed by atoms with Crippen LogP contribution in [0.15, 0.2) is 0 Å². The van der Waals surface area contributed by atoms with E-state index in [0.29, 0.717) is 18.4 Å². The molecule has 0 radical (unpaired) electrons. The summed E-state index contributed by atoms with van der Waals surface area (Å²) in [4.78, 5) is 14.8. The Labute approximate surface area is 160 Å². The first-order valence-electron chi connectivity index (χ1n) is 9.41. The van der Waals surface area contributed by atoms with E-state index >= 15 is 0 Å². The van der Waals surface area contributed by atoms with Crippen molar-refractivity contribution in [2.24, 2.45) is 11.8 Å². The second-order valence-electron chi connectivity index (χ2n) is 7.31. The van der Waals surface area contributed by atoms with Crippen molar-refractivity contribution in [2.45, 2.75) is 64.8 Å². The Morgan fingerprint density at radius 1 is 1.17 bits per heavy atom.